The predicted octanol–water partition coefficient (Wildman–Crippen LogP) is 7.64. The van der Waals surface area contributed by atoms with E-state index in [1.165, 1.54) is 103 Å². The molecule has 0 saturated heterocycles. The van der Waals surface area contributed by atoms with Crippen molar-refractivity contribution in [3.8, 4) is 0 Å². The maximum Gasteiger partial charge on any atom is 0.303 e. The maximum absolute atomic E-state index is 10.4. The van der Waals surface area contributed by atoms with Gasteiger partial charge in [-0.1, -0.05) is 116 Å². The van der Waals surface area contributed by atoms with Gasteiger partial charge in [0.2, 0.25) is 0 Å². The molecular weight excluding hydrogens is 336 g/mol. The van der Waals surface area contributed by atoms with E-state index in [2.05, 4.69) is 6.92 Å². The van der Waals surface area contributed by atoms with Gasteiger partial charge in [0.15, 0.2) is 0 Å². The van der Waals surface area contributed by atoms with Crippen molar-refractivity contribution in [1.82, 2.24) is 0 Å². The summed E-state index contributed by atoms with van der Waals surface area (Å²) in [6.07, 6.45) is 25.0. The van der Waals surface area contributed by atoms with Gasteiger partial charge < -0.3 is 10.2 Å². The fraction of sp³-hybridized carbons (Fsp3) is 0.958. The van der Waals surface area contributed by atoms with Gasteiger partial charge in [-0.25, -0.2) is 0 Å². The van der Waals surface area contributed by atoms with Crippen LogP contribution in [0.3, 0.4) is 0 Å². The quantitative estimate of drug-likeness (QED) is 0.188. The highest BCUT2D eigenvalue weighted by molar-refractivity contribution is 5.66. The Hall–Kier alpha value is -0.570. The molecule has 27 heavy (non-hydrogen) atoms. The molecule has 0 aliphatic heterocycles. The lowest BCUT2D eigenvalue weighted by molar-refractivity contribution is -0.137. The highest BCUT2D eigenvalue weighted by atomic mass is 16.4. The van der Waals surface area contributed by atoms with Gasteiger partial charge in [-0.15, -0.1) is 0 Å². The molecule has 0 aromatic rings. The van der Waals surface area contributed by atoms with Crippen molar-refractivity contribution in [3.05, 3.63) is 0 Å². The highest BCUT2D eigenvalue weighted by Gasteiger charge is 2.03. The second kappa shape index (κ2) is 21.7. The summed E-state index contributed by atoms with van der Waals surface area (Å²) >= 11 is 0. The maximum atomic E-state index is 10.4. The first-order valence-corrected chi connectivity index (χ1v) is 12.1. The fourth-order valence-corrected chi connectivity index (χ4v) is 3.73. The van der Waals surface area contributed by atoms with Gasteiger partial charge in [0, 0.05) is 6.42 Å². The number of unbranched alkanes of at least 4 members (excludes halogenated alkanes) is 16. The minimum Gasteiger partial charge on any atom is -0.481 e. The van der Waals surface area contributed by atoms with Crippen LogP contribution in [0.2, 0.25) is 0 Å². The van der Waals surface area contributed by atoms with Gasteiger partial charge in [-0.2, -0.15) is 0 Å². The molecule has 3 nitrogen and oxygen atoms in total. The standard InChI is InChI=1S/C24H48O3/c1-2-3-4-17-20-23(25)21-18-15-13-11-9-7-5-6-8-10-12-14-16-19-22-24(26)27/h23,25H,2-22H2,1H3,(H,26,27). The second-order valence-corrected chi connectivity index (χ2v) is 8.39. The Morgan fingerprint density at radius 1 is 0.593 bits per heavy atom. The molecule has 0 aliphatic rings. The molecule has 0 spiro atoms. The van der Waals surface area contributed by atoms with Crippen molar-refractivity contribution in [2.75, 3.05) is 0 Å². The molecule has 0 fully saturated rings. The molecule has 3 heteroatoms. The Labute approximate surface area is 169 Å². The summed E-state index contributed by atoms with van der Waals surface area (Å²) in [6.45, 7) is 2.23. The van der Waals surface area contributed by atoms with Gasteiger partial charge in [-0.05, 0) is 19.3 Å². The van der Waals surface area contributed by atoms with E-state index >= 15 is 0 Å². The lowest BCUT2D eigenvalue weighted by atomic mass is 10.0. The molecule has 0 aliphatic carbocycles. The van der Waals surface area contributed by atoms with E-state index in [0.717, 1.165) is 25.7 Å². The lowest BCUT2D eigenvalue weighted by Gasteiger charge is -2.10. The summed E-state index contributed by atoms with van der Waals surface area (Å²) in [7, 11) is 0. The molecule has 2 N–H and O–H groups in total. The van der Waals surface area contributed by atoms with Gasteiger partial charge in [0.1, 0.15) is 0 Å². The number of aliphatic hydroxyl groups is 1. The molecule has 0 rings (SSSR count). The van der Waals surface area contributed by atoms with Crippen molar-refractivity contribution in [1.29, 1.82) is 0 Å². The Morgan fingerprint density at radius 3 is 1.30 bits per heavy atom. The minimum atomic E-state index is -0.662. The first-order chi connectivity index (χ1) is 13.2. The zero-order valence-electron chi connectivity index (χ0n) is 18.2. The normalized spacial score (nSPS) is 12.4. The average molecular weight is 385 g/mol. The number of hydrogen-bond donors (Lipinski definition) is 2. The van der Waals surface area contributed by atoms with Crippen molar-refractivity contribution < 1.29 is 15.0 Å². The largest absolute Gasteiger partial charge is 0.481 e. The summed E-state index contributed by atoms with van der Waals surface area (Å²) in [4.78, 5) is 10.4. The molecule has 0 aromatic carbocycles. The first-order valence-electron chi connectivity index (χ1n) is 12.1. The van der Waals surface area contributed by atoms with Crippen LogP contribution in [0, 0.1) is 0 Å². The number of carboxylic acids is 1. The van der Waals surface area contributed by atoms with Crippen LogP contribution in [0.5, 0.6) is 0 Å². The third kappa shape index (κ3) is 23.4. The minimum absolute atomic E-state index is 0.0565. The average Bonchev–Trinajstić information content (AvgIpc) is 2.64. The van der Waals surface area contributed by atoms with Gasteiger partial charge in [0.05, 0.1) is 6.10 Å². The summed E-state index contributed by atoms with van der Waals surface area (Å²) in [6, 6.07) is 0. The van der Waals surface area contributed by atoms with E-state index in [9.17, 15) is 9.90 Å². The number of aliphatic hydroxyl groups excluding tert-OH is 1. The number of hydrogen-bond acceptors (Lipinski definition) is 2. The molecule has 162 valence electrons. The monoisotopic (exact) mass is 384 g/mol. The third-order valence-electron chi connectivity index (χ3n) is 5.57. The van der Waals surface area contributed by atoms with E-state index < -0.39 is 5.97 Å². The molecule has 0 radical (unpaired) electrons. The summed E-state index contributed by atoms with van der Waals surface area (Å²) in [5.74, 6) is -0.662. The molecule has 0 saturated carbocycles. The van der Waals surface area contributed by atoms with Crippen LogP contribution in [-0.2, 0) is 4.79 Å². The first kappa shape index (κ1) is 26.4. The third-order valence-corrected chi connectivity index (χ3v) is 5.57. The van der Waals surface area contributed by atoms with Gasteiger partial charge in [-0.3, -0.25) is 4.79 Å². The van der Waals surface area contributed by atoms with Crippen LogP contribution in [0.25, 0.3) is 0 Å². The lowest BCUT2D eigenvalue weighted by Crippen LogP contribution is -2.05. The predicted molar refractivity (Wildman–Crippen MR) is 116 cm³/mol. The van der Waals surface area contributed by atoms with Crippen LogP contribution >= 0.6 is 0 Å². The van der Waals surface area contributed by atoms with E-state index in [-0.39, 0.29) is 6.10 Å². The highest BCUT2D eigenvalue weighted by Crippen LogP contribution is 2.15. The topological polar surface area (TPSA) is 57.5 Å². The van der Waals surface area contributed by atoms with Crippen LogP contribution in [0.15, 0.2) is 0 Å². The Morgan fingerprint density at radius 2 is 0.926 bits per heavy atom. The van der Waals surface area contributed by atoms with E-state index in [1.54, 1.807) is 0 Å². The molecular formula is C24H48O3. The number of aliphatic carboxylic acids is 1. The molecule has 0 amide bonds. The van der Waals surface area contributed by atoms with Crippen LogP contribution in [-0.4, -0.2) is 22.3 Å². The molecule has 0 aromatic heterocycles. The van der Waals surface area contributed by atoms with Crippen molar-refractivity contribution in [2.24, 2.45) is 0 Å². The fourth-order valence-electron chi connectivity index (χ4n) is 3.73. The summed E-state index contributed by atoms with van der Waals surface area (Å²) in [5, 5.41) is 18.5. The van der Waals surface area contributed by atoms with Crippen molar-refractivity contribution in [3.63, 3.8) is 0 Å². The molecule has 1 atom stereocenters. The van der Waals surface area contributed by atoms with E-state index in [0.29, 0.717) is 6.42 Å². The Kier molecular flexibility index (Phi) is 21.3. The second-order valence-electron chi connectivity index (χ2n) is 8.39. The number of carboxylic acid groups (broad SMARTS) is 1. The van der Waals surface area contributed by atoms with Crippen LogP contribution < -0.4 is 0 Å². The summed E-state index contributed by atoms with van der Waals surface area (Å²) in [5.41, 5.74) is 0. The smallest absolute Gasteiger partial charge is 0.303 e. The Bertz CT molecular complexity index is 304. The van der Waals surface area contributed by atoms with Crippen LogP contribution in [0.4, 0.5) is 0 Å². The Balaban J connectivity index is 3.09. The van der Waals surface area contributed by atoms with Crippen LogP contribution in [0.1, 0.15) is 142 Å². The van der Waals surface area contributed by atoms with E-state index in [1.807, 2.05) is 0 Å². The SMILES string of the molecule is CCCCCCC(O)CCCCCCCCCCCCCCCCC(=O)O. The van der Waals surface area contributed by atoms with Crippen molar-refractivity contribution >= 4 is 5.97 Å². The number of carbonyl (C=O) groups is 1. The summed E-state index contributed by atoms with van der Waals surface area (Å²) < 4.78 is 0. The van der Waals surface area contributed by atoms with Gasteiger partial charge >= 0.3 is 5.97 Å². The zero-order chi connectivity index (χ0) is 20.0. The van der Waals surface area contributed by atoms with Gasteiger partial charge in [0.25, 0.3) is 0 Å². The van der Waals surface area contributed by atoms with Crippen molar-refractivity contribution in [2.45, 2.75) is 148 Å². The number of rotatable bonds is 22. The zero-order valence-corrected chi connectivity index (χ0v) is 18.2. The molecule has 0 bridgehead atoms. The van der Waals surface area contributed by atoms with E-state index in [4.69, 9.17) is 5.11 Å². The molecule has 0 heterocycles. The molecule has 1 unspecified atom stereocenters.